The first-order valence-electron chi connectivity index (χ1n) is 9.91. The summed E-state index contributed by atoms with van der Waals surface area (Å²) in [5.74, 6) is 0.0360. The van der Waals surface area contributed by atoms with Crippen molar-refractivity contribution < 1.29 is 4.79 Å². The molecule has 0 fully saturated rings. The van der Waals surface area contributed by atoms with Gasteiger partial charge in [-0.2, -0.15) is 0 Å². The number of carbonyl (C=O) groups excluding carboxylic acids is 1. The van der Waals surface area contributed by atoms with Crippen LogP contribution in [0.4, 0.5) is 0 Å². The van der Waals surface area contributed by atoms with E-state index in [1.165, 1.54) is 0 Å². The molecule has 0 N–H and O–H groups in total. The van der Waals surface area contributed by atoms with Crippen LogP contribution in [-0.2, 0) is 6.54 Å². The summed E-state index contributed by atoms with van der Waals surface area (Å²) in [5, 5.41) is 0.688. The van der Waals surface area contributed by atoms with Gasteiger partial charge in [-0.15, -0.1) is 0 Å². The van der Waals surface area contributed by atoms with Gasteiger partial charge in [0.2, 0.25) is 0 Å². The highest BCUT2D eigenvalue weighted by molar-refractivity contribution is 6.30. The number of halogens is 1. The van der Waals surface area contributed by atoms with Crippen LogP contribution in [0.5, 0.6) is 0 Å². The third kappa shape index (κ3) is 5.10. The van der Waals surface area contributed by atoms with E-state index in [9.17, 15) is 4.79 Å². The summed E-state index contributed by atoms with van der Waals surface area (Å²) in [7, 11) is 1.88. The minimum atomic E-state index is 0.0245. The van der Waals surface area contributed by atoms with E-state index in [2.05, 4.69) is 50.6 Å². The molecule has 0 unspecified atom stereocenters. The molecule has 1 aromatic heterocycles. The van der Waals surface area contributed by atoms with Crippen molar-refractivity contribution in [2.45, 2.75) is 34.2 Å². The standard InChI is InChI=1S/C25H29ClN2O/c1-18-15-28(16-19-9-7-6-8-10-19)23(24(29)27(5)17-25(2,3)4)22(18)20-11-13-21(26)14-12-20/h6-15H,16-17H2,1-5H3. The molecule has 0 aliphatic heterocycles. The Labute approximate surface area is 178 Å². The molecule has 4 heteroatoms. The number of aryl methyl sites for hydroxylation is 1. The van der Waals surface area contributed by atoms with Crippen LogP contribution in [0.15, 0.2) is 60.8 Å². The van der Waals surface area contributed by atoms with Crippen molar-refractivity contribution in [2.24, 2.45) is 5.41 Å². The van der Waals surface area contributed by atoms with Gasteiger partial charge in [0.1, 0.15) is 5.69 Å². The maximum absolute atomic E-state index is 13.6. The number of hydrogen-bond donors (Lipinski definition) is 0. The topological polar surface area (TPSA) is 25.2 Å². The second kappa shape index (κ2) is 8.46. The van der Waals surface area contributed by atoms with Crippen molar-refractivity contribution in [3.8, 4) is 11.1 Å². The van der Waals surface area contributed by atoms with E-state index in [0.29, 0.717) is 18.1 Å². The molecule has 152 valence electrons. The zero-order valence-electron chi connectivity index (χ0n) is 17.9. The quantitative estimate of drug-likeness (QED) is 0.487. The minimum Gasteiger partial charge on any atom is -0.340 e. The monoisotopic (exact) mass is 408 g/mol. The van der Waals surface area contributed by atoms with Crippen LogP contribution in [0.1, 0.15) is 42.4 Å². The van der Waals surface area contributed by atoms with E-state index >= 15 is 0 Å². The van der Waals surface area contributed by atoms with Gasteiger partial charge in [0.15, 0.2) is 0 Å². The lowest BCUT2D eigenvalue weighted by Gasteiger charge is -2.27. The minimum absolute atomic E-state index is 0.0245. The molecule has 0 radical (unpaired) electrons. The van der Waals surface area contributed by atoms with Crippen LogP contribution in [0.2, 0.25) is 5.02 Å². The highest BCUT2D eigenvalue weighted by Gasteiger charge is 2.26. The summed E-state index contributed by atoms with van der Waals surface area (Å²) in [5.41, 5.74) is 4.97. The van der Waals surface area contributed by atoms with Crippen LogP contribution >= 0.6 is 11.6 Å². The van der Waals surface area contributed by atoms with Crippen LogP contribution in [0.3, 0.4) is 0 Å². The molecule has 3 nitrogen and oxygen atoms in total. The number of amides is 1. The SMILES string of the molecule is Cc1cn(Cc2ccccc2)c(C(=O)N(C)CC(C)(C)C)c1-c1ccc(Cl)cc1. The number of carbonyl (C=O) groups is 1. The molecule has 0 atom stereocenters. The molecule has 0 saturated heterocycles. The predicted molar refractivity (Wildman–Crippen MR) is 122 cm³/mol. The van der Waals surface area contributed by atoms with Crippen molar-refractivity contribution >= 4 is 17.5 Å². The second-order valence-corrected chi connectivity index (χ2v) is 9.31. The fourth-order valence-corrected chi connectivity index (χ4v) is 3.90. The Morgan fingerprint density at radius 3 is 2.24 bits per heavy atom. The van der Waals surface area contributed by atoms with Crippen LogP contribution in [0, 0.1) is 12.3 Å². The molecule has 3 aromatic rings. The zero-order chi connectivity index (χ0) is 21.2. The number of rotatable bonds is 5. The number of nitrogens with zero attached hydrogens (tertiary/aromatic N) is 2. The van der Waals surface area contributed by atoms with Crippen molar-refractivity contribution in [2.75, 3.05) is 13.6 Å². The molecule has 0 bridgehead atoms. The van der Waals surface area contributed by atoms with Crippen LogP contribution in [-0.4, -0.2) is 29.0 Å². The molecule has 1 amide bonds. The number of benzene rings is 2. The Kier molecular flexibility index (Phi) is 6.18. The molecule has 0 spiro atoms. The molecule has 3 rings (SSSR count). The van der Waals surface area contributed by atoms with Gasteiger partial charge in [0.25, 0.3) is 5.91 Å². The summed E-state index contributed by atoms with van der Waals surface area (Å²) >= 11 is 6.10. The average Bonchev–Trinajstić information content (AvgIpc) is 2.97. The smallest absolute Gasteiger partial charge is 0.270 e. The van der Waals surface area contributed by atoms with Gasteiger partial charge in [0.05, 0.1) is 0 Å². The maximum atomic E-state index is 13.6. The van der Waals surface area contributed by atoms with E-state index in [0.717, 1.165) is 27.9 Å². The Morgan fingerprint density at radius 2 is 1.66 bits per heavy atom. The summed E-state index contributed by atoms with van der Waals surface area (Å²) in [6.45, 7) is 9.83. The van der Waals surface area contributed by atoms with Crippen molar-refractivity contribution in [3.63, 3.8) is 0 Å². The van der Waals surface area contributed by atoms with E-state index in [1.54, 1.807) is 0 Å². The van der Waals surface area contributed by atoms with E-state index in [-0.39, 0.29) is 11.3 Å². The van der Waals surface area contributed by atoms with Crippen molar-refractivity contribution in [1.29, 1.82) is 0 Å². The zero-order valence-corrected chi connectivity index (χ0v) is 18.6. The molecule has 0 aliphatic carbocycles. The normalized spacial score (nSPS) is 11.5. The number of hydrogen-bond acceptors (Lipinski definition) is 1. The van der Waals surface area contributed by atoms with Crippen LogP contribution in [0.25, 0.3) is 11.1 Å². The van der Waals surface area contributed by atoms with E-state index in [1.807, 2.05) is 54.4 Å². The lowest BCUT2D eigenvalue weighted by Crippen LogP contribution is -2.35. The Balaban J connectivity index is 2.10. The first kappa shape index (κ1) is 21.2. The Morgan fingerprint density at radius 1 is 1.03 bits per heavy atom. The largest absolute Gasteiger partial charge is 0.340 e. The highest BCUT2D eigenvalue weighted by atomic mass is 35.5. The summed E-state index contributed by atoms with van der Waals surface area (Å²) < 4.78 is 2.08. The van der Waals surface area contributed by atoms with Gasteiger partial charge >= 0.3 is 0 Å². The highest BCUT2D eigenvalue weighted by Crippen LogP contribution is 2.32. The van der Waals surface area contributed by atoms with Gasteiger partial charge in [-0.25, -0.2) is 0 Å². The molecule has 1 heterocycles. The average molecular weight is 409 g/mol. The molecule has 0 aliphatic rings. The summed E-state index contributed by atoms with van der Waals surface area (Å²) in [6, 6.07) is 18.0. The second-order valence-electron chi connectivity index (χ2n) is 8.88. The third-order valence-corrected chi connectivity index (χ3v) is 5.11. The third-order valence-electron chi connectivity index (χ3n) is 4.86. The van der Waals surface area contributed by atoms with Gasteiger partial charge in [-0.1, -0.05) is 74.8 Å². The molecular formula is C25H29ClN2O. The lowest BCUT2D eigenvalue weighted by molar-refractivity contribution is 0.0736. The Hall–Kier alpha value is -2.52. The van der Waals surface area contributed by atoms with Crippen molar-refractivity contribution in [1.82, 2.24) is 9.47 Å². The lowest BCUT2D eigenvalue weighted by atomic mass is 9.95. The van der Waals surface area contributed by atoms with Crippen LogP contribution < -0.4 is 0 Å². The summed E-state index contributed by atoms with van der Waals surface area (Å²) in [4.78, 5) is 15.4. The first-order valence-corrected chi connectivity index (χ1v) is 10.3. The fourth-order valence-electron chi connectivity index (χ4n) is 3.77. The molecular weight excluding hydrogens is 380 g/mol. The number of aromatic nitrogens is 1. The van der Waals surface area contributed by atoms with Gasteiger partial charge in [0, 0.05) is 36.9 Å². The maximum Gasteiger partial charge on any atom is 0.270 e. The molecule has 2 aromatic carbocycles. The van der Waals surface area contributed by atoms with Gasteiger partial charge < -0.3 is 9.47 Å². The van der Waals surface area contributed by atoms with Gasteiger partial charge in [-0.05, 0) is 41.2 Å². The summed E-state index contributed by atoms with van der Waals surface area (Å²) in [6.07, 6.45) is 2.08. The first-order chi connectivity index (χ1) is 13.7. The predicted octanol–water partition coefficient (Wildman–Crippen LogP) is 6.28. The van der Waals surface area contributed by atoms with Crippen molar-refractivity contribution in [3.05, 3.63) is 82.6 Å². The van der Waals surface area contributed by atoms with Gasteiger partial charge in [-0.3, -0.25) is 4.79 Å². The van der Waals surface area contributed by atoms with E-state index in [4.69, 9.17) is 11.6 Å². The molecule has 0 saturated carbocycles. The Bertz CT molecular complexity index is 982. The van der Waals surface area contributed by atoms with E-state index < -0.39 is 0 Å². The molecule has 29 heavy (non-hydrogen) atoms. The fraction of sp³-hybridized carbons (Fsp3) is 0.320.